The van der Waals surface area contributed by atoms with Crippen LogP contribution in [0.25, 0.3) is 0 Å². The molecule has 1 aromatic carbocycles. The third-order valence-corrected chi connectivity index (χ3v) is 4.03. The monoisotopic (exact) mass is 284 g/mol. The summed E-state index contributed by atoms with van der Waals surface area (Å²) < 4.78 is 11.2. The Hall–Kier alpha value is -0.810. The quantitative estimate of drug-likeness (QED) is 0.642. The van der Waals surface area contributed by atoms with Crippen molar-refractivity contribution in [3.05, 3.63) is 28.3 Å². The van der Waals surface area contributed by atoms with Crippen molar-refractivity contribution in [2.75, 3.05) is 13.7 Å². The number of hydrogen-bond donors (Lipinski definition) is 2. The highest BCUT2D eigenvalue weighted by Gasteiger charge is 2.30. The molecule has 0 aliphatic carbocycles. The Morgan fingerprint density at radius 2 is 2.26 bits per heavy atom. The Balaban J connectivity index is 2.28. The zero-order chi connectivity index (χ0) is 14.0. The third kappa shape index (κ3) is 3.03. The van der Waals surface area contributed by atoms with Gasteiger partial charge in [-0.3, -0.25) is 11.3 Å². The van der Waals surface area contributed by atoms with E-state index in [9.17, 15) is 0 Å². The minimum Gasteiger partial charge on any atom is -0.493 e. The van der Waals surface area contributed by atoms with Crippen LogP contribution >= 0.6 is 11.6 Å². The van der Waals surface area contributed by atoms with E-state index in [-0.39, 0.29) is 11.6 Å². The summed E-state index contributed by atoms with van der Waals surface area (Å²) in [6.07, 6.45) is 1.62. The van der Waals surface area contributed by atoms with Crippen molar-refractivity contribution in [2.24, 2.45) is 5.84 Å². The number of hydrogen-bond acceptors (Lipinski definition) is 4. The number of hydrazine groups is 1. The van der Waals surface area contributed by atoms with Gasteiger partial charge in [0.1, 0.15) is 5.75 Å². The fraction of sp³-hybridized carbons (Fsp3) is 0.571. The molecule has 0 saturated heterocycles. The highest BCUT2D eigenvalue weighted by atomic mass is 35.5. The van der Waals surface area contributed by atoms with Crippen LogP contribution in [0, 0.1) is 0 Å². The summed E-state index contributed by atoms with van der Waals surface area (Å²) in [6, 6.07) is 3.89. The van der Waals surface area contributed by atoms with Gasteiger partial charge in [0.05, 0.1) is 18.2 Å². The summed E-state index contributed by atoms with van der Waals surface area (Å²) in [5.41, 5.74) is 4.71. The van der Waals surface area contributed by atoms with Crippen LogP contribution in [0.4, 0.5) is 0 Å². The number of nitrogens with two attached hydrogens (primary N) is 1. The summed E-state index contributed by atoms with van der Waals surface area (Å²) in [7, 11) is 1.68. The minimum absolute atomic E-state index is 0.0238. The second-order valence-corrected chi connectivity index (χ2v) is 5.82. The molecule has 0 radical (unpaired) electrons. The molecule has 19 heavy (non-hydrogen) atoms. The third-order valence-electron chi connectivity index (χ3n) is 3.82. The van der Waals surface area contributed by atoms with Gasteiger partial charge in [-0.05, 0) is 43.5 Å². The molecular formula is C14H21ClN2O2. The number of halogens is 1. The van der Waals surface area contributed by atoms with E-state index in [0.29, 0.717) is 6.42 Å². The Morgan fingerprint density at radius 1 is 1.53 bits per heavy atom. The topological polar surface area (TPSA) is 56.5 Å². The molecule has 0 spiro atoms. The lowest BCUT2D eigenvalue weighted by Crippen LogP contribution is -2.52. The van der Waals surface area contributed by atoms with Gasteiger partial charge in [0, 0.05) is 18.6 Å². The number of nitrogens with one attached hydrogen (secondary N) is 1. The van der Waals surface area contributed by atoms with E-state index in [0.717, 1.165) is 29.4 Å². The first-order valence-electron chi connectivity index (χ1n) is 6.43. The van der Waals surface area contributed by atoms with Gasteiger partial charge in [0.25, 0.3) is 0 Å². The molecule has 106 valence electrons. The molecule has 2 rings (SSSR count). The predicted molar refractivity (Wildman–Crippen MR) is 76.6 cm³/mol. The van der Waals surface area contributed by atoms with E-state index in [1.54, 1.807) is 7.11 Å². The van der Waals surface area contributed by atoms with Crippen LogP contribution in [-0.4, -0.2) is 25.4 Å². The van der Waals surface area contributed by atoms with Crippen molar-refractivity contribution in [2.45, 2.75) is 38.3 Å². The molecule has 0 fully saturated rings. The van der Waals surface area contributed by atoms with Crippen LogP contribution < -0.4 is 16.0 Å². The normalized spacial score (nSPS) is 16.1. The first-order chi connectivity index (χ1) is 8.97. The zero-order valence-electron chi connectivity index (χ0n) is 11.6. The Bertz CT molecular complexity index is 463. The van der Waals surface area contributed by atoms with Crippen molar-refractivity contribution in [3.63, 3.8) is 0 Å². The van der Waals surface area contributed by atoms with Crippen molar-refractivity contribution >= 4 is 11.6 Å². The number of rotatable bonds is 5. The van der Waals surface area contributed by atoms with Crippen molar-refractivity contribution in [1.29, 1.82) is 0 Å². The predicted octanol–water partition coefficient (Wildman–Crippen LogP) is 2.07. The van der Waals surface area contributed by atoms with Crippen molar-refractivity contribution < 1.29 is 9.47 Å². The molecule has 5 heteroatoms. The second kappa shape index (κ2) is 5.67. The van der Waals surface area contributed by atoms with Crippen LogP contribution in [0.5, 0.6) is 5.75 Å². The minimum atomic E-state index is -0.372. The molecule has 1 aromatic rings. The fourth-order valence-corrected chi connectivity index (χ4v) is 2.63. The van der Waals surface area contributed by atoms with Crippen molar-refractivity contribution in [1.82, 2.24) is 5.43 Å². The van der Waals surface area contributed by atoms with E-state index in [1.807, 2.05) is 26.0 Å². The Kier molecular flexibility index (Phi) is 4.36. The number of methoxy groups -OCH3 is 1. The van der Waals surface area contributed by atoms with E-state index in [1.165, 1.54) is 5.56 Å². The van der Waals surface area contributed by atoms with Gasteiger partial charge in [-0.2, -0.15) is 0 Å². The average molecular weight is 285 g/mol. The zero-order valence-corrected chi connectivity index (χ0v) is 12.4. The average Bonchev–Trinajstić information content (AvgIpc) is 2.83. The lowest BCUT2D eigenvalue weighted by Gasteiger charge is -2.33. The summed E-state index contributed by atoms with van der Waals surface area (Å²) in [4.78, 5) is 0. The maximum atomic E-state index is 6.16. The molecule has 1 aliphatic rings. The van der Waals surface area contributed by atoms with E-state index >= 15 is 0 Å². The molecule has 1 atom stereocenters. The van der Waals surface area contributed by atoms with Gasteiger partial charge < -0.3 is 9.47 Å². The number of fused-ring (bicyclic) bond motifs is 1. The van der Waals surface area contributed by atoms with Gasteiger partial charge in [-0.15, -0.1) is 0 Å². The summed E-state index contributed by atoms with van der Waals surface area (Å²) in [5.74, 6) is 6.62. The molecule has 1 heterocycles. The van der Waals surface area contributed by atoms with Crippen LogP contribution in [0.1, 0.15) is 25.0 Å². The largest absolute Gasteiger partial charge is 0.493 e. The van der Waals surface area contributed by atoms with Gasteiger partial charge >= 0.3 is 0 Å². The highest BCUT2D eigenvalue weighted by molar-refractivity contribution is 6.30. The molecule has 4 nitrogen and oxygen atoms in total. The molecule has 0 saturated carbocycles. The van der Waals surface area contributed by atoms with Crippen LogP contribution in [0.3, 0.4) is 0 Å². The van der Waals surface area contributed by atoms with Gasteiger partial charge in [0.2, 0.25) is 0 Å². The smallest absolute Gasteiger partial charge is 0.125 e. The first-order valence-corrected chi connectivity index (χ1v) is 6.81. The lowest BCUT2D eigenvalue weighted by atomic mass is 9.91. The standard InChI is InChI=1S/C14H21ClN2O2/c1-14(2,18-3)12(17-16)8-10-7-11(15)6-9-4-5-19-13(9)10/h6-7,12,17H,4-5,8,16H2,1-3H3. The van der Waals surface area contributed by atoms with Crippen molar-refractivity contribution in [3.8, 4) is 5.75 Å². The van der Waals surface area contributed by atoms with E-state index in [2.05, 4.69) is 5.43 Å². The molecule has 3 N–H and O–H groups in total. The lowest BCUT2D eigenvalue weighted by molar-refractivity contribution is -0.0102. The first kappa shape index (κ1) is 14.6. The molecule has 0 aromatic heterocycles. The van der Waals surface area contributed by atoms with E-state index in [4.69, 9.17) is 26.9 Å². The molecule has 0 bridgehead atoms. The van der Waals surface area contributed by atoms with Crippen LogP contribution in [-0.2, 0) is 17.6 Å². The van der Waals surface area contributed by atoms with E-state index < -0.39 is 0 Å². The summed E-state index contributed by atoms with van der Waals surface area (Å²) >= 11 is 6.16. The number of ether oxygens (including phenoxy) is 2. The Morgan fingerprint density at radius 3 is 2.89 bits per heavy atom. The van der Waals surface area contributed by atoms with Crippen LogP contribution in [0.15, 0.2) is 12.1 Å². The maximum Gasteiger partial charge on any atom is 0.125 e. The maximum absolute atomic E-state index is 6.16. The SMILES string of the molecule is COC(C)(C)C(Cc1cc(Cl)cc2c1OCC2)NN. The Labute approximate surface area is 119 Å². The second-order valence-electron chi connectivity index (χ2n) is 5.38. The fourth-order valence-electron chi connectivity index (χ4n) is 2.37. The van der Waals surface area contributed by atoms with Gasteiger partial charge in [0.15, 0.2) is 0 Å². The van der Waals surface area contributed by atoms with Gasteiger partial charge in [-0.25, -0.2) is 0 Å². The number of benzene rings is 1. The molecular weight excluding hydrogens is 264 g/mol. The highest BCUT2D eigenvalue weighted by Crippen LogP contribution is 2.34. The molecule has 1 unspecified atom stereocenters. The molecule has 1 aliphatic heterocycles. The van der Waals surface area contributed by atoms with Gasteiger partial charge in [-0.1, -0.05) is 11.6 Å². The summed E-state index contributed by atoms with van der Waals surface area (Å²) in [6.45, 7) is 4.73. The summed E-state index contributed by atoms with van der Waals surface area (Å²) in [5, 5.41) is 0.741. The molecule has 0 amide bonds. The van der Waals surface area contributed by atoms with Crippen LogP contribution in [0.2, 0.25) is 5.02 Å².